The highest BCUT2D eigenvalue weighted by molar-refractivity contribution is 5.95. The summed E-state index contributed by atoms with van der Waals surface area (Å²) < 4.78 is 27.0. The van der Waals surface area contributed by atoms with E-state index in [0.29, 0.717) is 74.7 Å². The van der Waals surface area contributed by atoms with E-state index in [-0.39, 0.29) is 12.0 Å². The van der Waals surface area contributed by atoms with Crippen molar-refractivity contribution in [1.82, 2.24) is 15.0 Å². The summed E-state index contributed by atoms with van der Waals surface area (Å²) in [5.74, 6) is 2.17. The van der Waals surface area contributed by atoms with Gasteiger partial charge in [0.05, 0.1) is 19.1 Å². The number of ether oxygens (including phenoxy) is 4. The van der Waals surface area contributed by atoms with Crippen LogP contribution in [0.3, 0.4) is 0 Å². The number of nitrogens with zero attached hydrogens (tertiary/aromatic N) is 3. The zero-order chi connectivity index (χ0) is 18.6. The van der Waals surface area contributed by atoms with Crippen molar-refractivity contribution in [3.05, 3.63) is 35.5 Å². The number of fused-ring (bicyclic) bond motifs is 1. The molecule has 0 unspecified atom stereocenters. The van der Waals surface area contributed by atoms with E-state index in [1.54, 1.807) is 30.2 Å². The number of carbonyl (C=O) groups is 1. The van der Waals surface area contributed by atoms with Crippen molar-refractivity contribution in [2.45, 2.75) is 19.1 Å². The molecule has 144 valence electrons. The first kappa shape index (κ1) is 17.7. The minimum absolute atomic E-state index is 0.0640. The Morgan fingerprint density at radius 3 is 2.96 bits per heavy atom. The van der Waals surface area contributed by atoms with Gasteiger partial charge in [-0.15, -0.1) is 0 Å². The van der Waals surface area contributed by atoms with Gasteiger partial charge in [0.2, 0.25) is 5.89 Å². The quantitative estimate of drug-likeness (QED) is 0.766. The second kappa shape index (κ2) is 7.93. The lowest BCUT2D eigenvalue weighted by atomic mass is 10.1. The topological polar surface area (TPSA) is 96.2 Å². The molecule has 1 amide bonds. The van der Waals surface area contributed by atoms with Gasteiger partial charge < -0.3 is 28.4 Å². The van der Waals surface area contributed by atoms with Crippen LogP contribution in [0.1, 0.15) is 22.1 Å². The minimum Gasteiger partial charge on any atom is -0.486 e. The van der Waals surface area contributed by atoms with Crippen LogP contribution >= 0.6 is 0 Å². The Morgan fingerprint density at radius 2 is 2.11 bits per heavy atom. The Balaban J connectivity index is 1.40. The molecule has 1 fully saturated rings. The first-order valence-electron chi connectivity index (χ1n) is 8.84. The number of aromatic nitrogens is 2. The molecule has 9 nitrogen and oxygen atoms in total. The van der Waals surface area contributed by atoms with Gasteiger partial charge in [0.15, 0.2) is 17.3 Å². The highest BCUT2D eigenvalue weighted by Crippen LogP contribution is 2.31. The van der Waals surface area contributed by atoms with Crippen LogP contribution in [0.2, 0.25) is 0 Å². The number of hydrogen-bond acceptors (Lipinski definition) is 8. The maximum Gasteiger partial charge on any atom is 0.254 e. The lowest BCUT2D eigenvalue weighted by Gasteiger charge is -2.32. The molecule has 2 aliphatic heterocycles. The summed E-state index contributed by atoms with van der Waals surface area (Å²) in [7, 11) is 1.57. The smallest absolute Gasteiger partial charge is 0.254 e. The van der Waals surface area contributed by atoms with Crippen molar-refractivity contribution in [3.8, 4) is 11.5 Å². The molecule has 1 aromatic heterocycles. The first-order chi connectivity index (χ1) is 13.2. The summed E-state index contributed by atoms with van der Waals surface area (Å²) in [4.78, 5) is 18.9. The summed E-state index contributed by atoms with van der Waals surface area (Å²) in [5, 5.41) is 3.84. The highest BCUT2D eigenvalue weighted by atomic mass is 16.6. The maximum atomic E-state index is 12.9. The predicted octanol–water partition coefficient (Wildman–Crippen LogP) is 1.07. The van der Waals surface area contributed by atoms with Crippen LogP contribution in [-0.2, 0) is 22.5 Å². The lowest BCUT2D eigenvalue weighted by Crippen LogP contribution is -2.46. The standard InChI is InChI=1S/C18H21N3O6/c1-23-11-16-19-17(27-20-16)9-13-10-21(4-5-24-13)18(22)12-2-3-14-15(8-12)26-7-6-25-14/h2-3,8,13H,4-7,9-11H2,1H3/t13-/m0/s1. The Labute approximate surface area is 156 Å². The maximum absolute atomic E-state index is 12.9. The average molecular weight is 375 g/mol. The van der Waals surface area contributed by atoms with E-state index in [2.05, 4.69) is 10.1 Å². The van der Waals surface area contributed by atoms with Crippen molar-refractivity contribution < 1.29 is 28.3 Å². The van der Waals surface area contributed by atoms with Crippen LogP contribution in [-0.4, -0.2) is 67.1 Å². The molecule has 2 aliphatic rings. The van der Waals surface area contributed by atoms with Crippen LogP contribution < -0.4 is 9.47 Å². The van der Waals surface area contributed by atoms with Crippen molar-refractivity contribution in [3.63, 3.8) is 0 Å². The molecule has 0 aliphatic carbocycles. The van der Waals surface area contributed by atoms with E-state index in [1.165, 1.54) is 0 Å². The van der Waals surface area contributed by atoms with E-state index in [9.17, 15) is 4.79 Å². The second-order valence-corrected chi connectivity index (χ2v) is 6.34. The molecule has 27 heavy (non-hydrogen) atoms. The van der Waals surface area contributed by atoms with Gasteiger partial charge in [-0.2, -0.15) is 4.98 Å². The molecule has 0 radical (unpaired) electrons. The summed E-state index contributed by atoms with van der Waals surface area (Å²) in [6.45, 7) is 2.74. The molecule has 2 aromatic rings. The first-order valence-corrected chi connectivity index (χ1v) is 8.84. The molecule has 0 bridgehead atoms. The average Bonchev–Trinajstić information content (AvgIpc) is 3.14. The minimum atomic E-state index is -0.198. The largest absolute Gasteiger partial charge is 0.486 e. The number of rotatable bonds is 5. The number of morpholine rings is 1. The van der Waals surface area contributed by atoms with Gasteiger partial charge in [-0.25, -0.2) is 0 Å². The molecule has 1 aromatic carbocycles. The lowest BCUT2D eigenvalue weighted by molar-refractivity contribution is -0.0237. The van der Waals surface area contributed by atoms with E-state index in [1.807, 2.05) is 0 Å². The molecule has 0 N–H and O–H groups in total. The molecule has 0 spiro atoms. The van der Waals surface area contributed by atoms with E-state index >= 15 is 0 Å². The number of benzene rings is 1. The molecule has 1 atom stereocenters. The molecule has 1 saturated heterocycles. The van der Waals surface area contributed by atoms with Crippen molar-refractivity contribution in [2.24, 2.45) is 0 Å². The molecular weight excluding hydrogens is 354 g/mol. The van der Waals surface area contributed by atoms with Gasteiger partial charge in [0, 0.05) is 25.8 Å². The van der Waals surface area contributed by atoms with Crippen LogP contribution in [0.5, 0.6) is 11.5 Å². The predicted molar refractivity (Wildman–Crippen MR) is 91.8 cm³/mol. The fourth-order valence-electron chi connectivity index (χ4n) is 3.14. The SMILES string of the molecule is COCc1noc(C[C@H]2CN(C(=O)c3ccc4c(c3)OCCO4)CCO2)n1. The van der Waals surface area contributed by atoms with Crippen LogP contribution in [0.25, 0.3) is 0 Å². The Bertz CT molecular complexity index is 808. The van der Waals surface area contributed by atoms with Gasteiger partial charge in [0.1, 0.15) is 19.8 Å². The normalized spacial score (nSPS) is 19.1. The van der Waals surface area contributed by atoms with Gasteiger partial charge in [0.25, 0.3) is 5.91 Å². The summed E-state index contributed by atoms with van der Waals surface area (Å²) >= 11 is 0. The Kier molecular flexibility index (Phi) is 5.21. The summed E-state index contributed by atoms with van der Waals surface area (Å²) in [5.41, 5.74) is 0.570. The number of hydrogen-bond donors (Lipinski definition) is 0. The Hall–Kier alpha value is -2.65. The fraction of sp³-hybridized carbons (Fsp3) is 0.500. The van der Waals surface area contributed by atoms with Gasteiger partial charge in [-0.3, -0.25) is 4.79 Å². The number of amides is 1. The van der Waals surface area contributed by atoms with Gasteiger partial charge >= 0.3 is 0 Å². The van der Waals surface area contributed by atoms with Gasteiger partial charge in [-0.1, -0.05) is 5.16 Å². The summed E-state index contributed by atoms with van der Waals surface area (Å²) in [6, 6.07) is 5.26. The molecule has 9 heteroatoms. The van der Waals surface area contributed by atoms with Gasteiger partial charge in [-0.05, 0) is 18.2 Å². The van der Waals surface area contributed by atoms with Crippen LogP contribution in [0.4, 0.5) is 0 Å². The van der Waals surface area contributed by atoms with E-state index in [0.717, 1.165) is 0 Å². The zero-order valence-corrected chi connectivity index (χ0v) is 15.1. The molecule has 3 heterocycles. The number of methoxy groups -OCH3 is 1. The van der Waals surface area contributed by atoms with Crippen molar-refractivity contribution in [1.29, 1.82) is 0 Å². The fourth-order valence-corrected chi connectivity index (χ4v) is 3.14. The monoisotopic (exact) mass is 375 g/mol. The third-order valence-electron chi connectivity index (χ3n) is 4.40. The highest BCUT2D eigenvalue weighted by Gasteiger charge is 2.27. The van der Waals surface area contributed by atoms with Crippen LogP contribution in [0.15, 0.2) is 22.7 Å². The number of carbonyl (C=O) groups excluding carboxylic acids is 1. The Morgan fingerprint density at radius 1 is 1.26 bits per heavy atom. The second-order valence-electron chi connectivity index (χ2n) is 6.34. The van der Waals surface area contributed by atoms with E-state index in [4.69, 9.17) is 23.5 Å². The molecule has 4 rings (SSSR count). The third kappa shape index (κ3) is 4.04. The van der Waals surface area contributed by atoms with E-state index < -0.39 is 0 Å². The van der Waals surface area contributed by atoms with Crippen LogP contribution in [0, 0.1) is 0 Å². The molecular formula is C18H21N3O6. The zero-order valence-electron chi connectivity index (χ0n) is 15.1. The van der Waals surface area contributed by atoms with Crippen molar-refractivity contribution >= 4 is 5.91 Å². The molecule has 0 saturated carbocycles. The summed E-state index contributed by atoms with van der Waals surface area (Å²) in [6.07, 6.45) is 0.248. The third-order valence-corrected chi connectivity index (χ3v) is 4.40. The van der Waals surface area contributed by atoms with Crippen molar-refractivity contribution in [2.75, 3.05) is 40.0 Å².